The molecule has 0 spiro atoms. The Morgan fingerprint density at radius 3 is 2.50 bits per heavy atom. The minimum absolute atomic E-state index is 1.20. The van der Waals surface area contributed by atoms with Crippen molar-refractivity contribution >= 4 is 0 Å². The Kier molecular flexibility index (Phi) is 4.20. The summed E-state index contributed by atoms with van der Waals surface area (Å²) in [7, 11) is 0. The van der Waals surface area contributed by atoms with Crippen molar-refractivity contribution in [2.24, 2.45) is 0 Å². The maximum Gasteiger partial charge on any atom is 0.0174 e. The number of hydrogen-bond acceptors (Lipinski definition) is 1. The lowest BCUT2D eigenvalue weighted by Gasteiger charge is -2.30. The number of likely N-dealkylation sites (tertiary alicyclic amines) is 1. The van der Waals surface area contributed by atoms with Gasteiger partial charge in [-0.3, -0.25) is 0 Å². The monoisotopic (exact) mass is 167 g/mol. The molecule has 0 aromatic heterocycles. The largest absolute Gasteiger partial charge is 0.375 e. The van der Waals surface area contributed by atoms with Crippen molar-refractivity contribution in [1.29, 1.82) is 0 Å². The summed E-state index contributed by atoms with van der Waals surface area (Å²) in [6.45, 7) is 8.89. The molecule has 0 aromatic carbocycles. The third kappa shape index (κ3) is 2.88. The van der Waals surface area contributed by atoms with Crippen LogP contribution in [-0.2, 0) is 0 Å². The molecule has 0 aromatic rings. The summed E-state index contributed by atoms with van der Waals surface area (Å²) >= 11 is 0. The number of unbranched alkanes of at least 4 members (excludes halogenated alkanes) is 1. The molecule has 1 heteroatoms. The number of allylic oxidation sites excluding steroid dienone is 1. The molecular formula is C11H21N. The molecule has 1 aliphatic heterocycles. The second kappa shape index (κ2) is 5.23. The van der Waals surface area contributed by atoms with Crippen LogP contribution in [0.4, 0.5) is 0 Å². The minimum Gasteiger partial charge on any atom is -0.375 e. The lowest BCUT2D eigenvalue weighted by atomic mass is 10.1. The molecule has 0 atom stereocenters. The standard InChI is InChI=1S/C11H21N/c1-3-4-8-11(2)12-9-6-5-7-10-12/h2-10H2,1H3. The van der Waals surface area contributed by atoms with Crippen LogP contribution in [0.25, 0.3) is 0 Å². The van der Waals surface area contributed by atoms with Crippen LogP contribution in [0.3, 0.4) is 0 Å². The summed E-state index contributed by atoms with van der Waals surface area (Å²) in [5, 5.41) is 0. The highest BCUT2D eigenvalue weighted by atomic mass is 15.1. The van der Waals surface area contributed by atoms with Gasteiger partial charge in [-0.2, -0.15) is 0 Å². The summed E-state index contributed by atoms with van der Waals surface area (Å²) in [6, 6.07) is 0. The zero-order chi connectivity index (χ0) is 8.81. The van der Waals surface area contributed by atoms with Gasteiger partial charge in [0.25, 0.3) is 0 Å². The maximum absolute atomic E-state index is 4.14. The van der Waals surface area contributed by atoms with Gasteiger partial charge in [0.2, 0.25) is 0 Å². The van der Waals surface area contributed by atoms with Crippen LogP contribution >= 0.6 is 0 Å². The second-order valence-corrected chi connectivity index (χ2v) is 3.72. The predicted molar refractivity (Wildman–Crippen MR) is 54.1 cm³/mol. The van der Waals surface area contributed by atoms with Gasteiger partial charge in [-0.15, -0.1) is 0 Å². The van der Waals surface area contributed by atoms with Crippen LogP contribution in [0.1, 0.15) is 45.4 Å². The topological polar surface area (TPSA) is 3.24 Å². The third-order valence-corrected chi connectivity index (χ3v) is 2.62. The van der Waals surface area contributed by atoms with E-state index in [1.54, 1.807) is 0 Å². The number of rotatable bonds is 4. The molecule has 70 valence electrons. The van der Waals surface area contributed by atoms with E-state index in [4.69, 9.17) is 0 Å². The number of hydrogen-bond donors (Lipinski definition) is 0. The van der Waals surface area contributed by atoms with Crippen molar-refractivity contribution < 1.29 is 0 Å². The van der Waals surface area contributed by atoms with Crippen molar-refractivity contribution in [3.05, 3.63) is 12.3 Å². The first-order valence-corrected chi connectivity index (χ1v) is 5.27. The molecule has 1 saturated heterocycles. The van der Waals surface area contributed by atoms with E-state index in [0.29, 0.717) is 0 Å². The van der Waals surface area contributed by atoms with E-state index < -0.39 is 0 Å². The van der Waals surface area contributed by atoms with Gasteiger partial charge in [-0.05, 0) is 32.1 Å². The molecule has 1 rings (SSSR count). The zero-order valence-corrected chi connectivity index (χ0v) is 8.31. The highest BCUT2D eigenvalue weighted by Crippen LogP contribution is 2.17. The van der Waals surface area contributed by atoms with Gasteiger partial charge in [-0.1, -0.05) is 19.9 Å². The van der Waals surface area contributed by atoms with Crippen LogP contribution < -0.4 is 0 Å². The first-order chi connectivity index (χ1) is 5.84. The number of nitrogens with zero attached hydrogens (tertiary/aromatic N) is 1. The zero-order valence-electron chi connectivity index (χ0n) is 8.31. The first-order valence-electron chi connectivity index (χ1n) is 5.27. The smallest absolute Gasteiger partial charge is 0.0174 e. The van der Waals surface area contributed by atoms with E-state index in [9.17, 15) is 0 Å². The molecule has 1 fully saturated rings. The van der Waals surface area contributed by atoms with Gasteiger partial charge in [0.05, 0.1) is 0 Å². The molecule has 1 nitrogen and oxygen atoms in total. The average molecular weight is 167 g/mol. The Morgan fingerprint density at radius 1 is 1.25 bits per heavy atom. The predicted octanol–water partition coefficient (Wildman–Crippen LogP) is 3.18. The number of piperidine rings is 1. The van der Waals surface area contributed by atoms with Gasteiger partial charge < -0.3 is 4.90 Å². The van der Waals surface area contributed by atoms with E-state index in [0.717, 1.165) is 0 Å². The van der Waals surface area contributed by atoms with Gasteiger partial charge in [0.15, 0.2) is 0 Å². The molecule has 0 bridgehead atoms. The van der Waals surface area contributed by atoms with Crippen molar-refractivity contribution in [2.75, 3.05) is 13.1 Å². The van der Waals surface area contributed by atoms with Gasteiger partial charge in [-0.25, -0.2) is 0 Å². The van der Waals surface area contributed by atoms with E-state index in [-0.39, 0.29) is 0 Å². The molecule has 1 heterocycles. The highest BCUT2D eigenvalue weighted by molar-refractivity contribution is 4.94. The van der Waals surface area contributed by atoms with Crippen LogP contribution in [0, 0.1) is 0 Å². The van der Waals surface area contributed by atoms with Crippen molar-refractivity contribution in [1.82, 2.24) is 4.90 Å². The molecule has 0 N–H and O–H groups in total. The Balaban J connectivity index is 2.20. The molecule has 0 aliphatic carbocycles. The highest BCUT2D eigenvalue weighted by Gasteiger charge is 2.10. The lowest BCUT2D eigenvalue weighted by molar-refractivity contribution is 0.276. The molecular weight excluding hydrogens is 146 g/mol. The van der Waals surface area contributed by atoms with E-state index in [1.807, 2.05) is 0 Å². The molecule has 1 aliphatic rings. The van der Waals surface area contributed by atoms with Gasteiger partial charge in [0.1, 0.15) is 0 Å². The summed E-state index contributed by atoms with van der Waals surface area (Å²) in [4.78, 5) is 2.47. The quantitative estimate of drug-likeness (QED) is 0.621. The SMILES string of the molecule is C=C(CCCC)N1CCCCC1. The first kappa shape index (κ1) is 9.63. The van der Waals surface area contributed by atoms with Crippen LogP contribution in [0.2, 0.25) is 0 Å². The molecule has 12 heavy (non-hydrogen) atoms. The maximum atomic E-state index is 4.14. The fourth-order valence-electron chi connectivity index (χ4n) is 1.75. The average Bonchev–Trinajstić information content (AvgIpc) is 2.15. The molecule has 0 radical (unpaired) electrons. The third-order valence-electron chi connectivity index (χ3n) is 2.62. The van der Waals surface area contributed by atoms with E-state index in [1.165, 1.54) is 57.3 Å². The Morgan fingerprint density at radius 2 is 1.92 bits per heavy atom. The van der Waals surface area contributed by atoms with Crippen molar-refractivity contribution in [3.63, 3.8) is 0 Å². The van der Waals surface area contributed by atoms with Crippen LogP contribution in [0.5, 0.6) is 0 Å². The Hall–Kier alpha value is -0.460. The van der Waals surface area contributed by atoms with E-state index >= 15 is 0 Å². The Bertz CT molecular complexity index is 134. The molecule has 0 saturated carbocycles. The van der Waals surface area contributed by atoms with Crippen LogP contribution in [-0.4, -0.2) is 18.0 Å². The summed E-state index contributed by atoms with van der Waals surface area (Å²) < 4.78 is 0. The van der Waals surface area contributed by atoms with Crippen LogP contribution in [0.15, 0.2) is 12.3 Å². The summed E-state index contributed by atoms with van der Waals surface area (Å²) in [5.41, 5.74) is 1.37. The fourth-order valence-corrected chi connectivity index (χ4v) is 1.75. The van der Waals surface area contributed by atoms with Crippen molar-refractivity contribution in [3.8, 4) is 0 Å². The normalized spacial score (nSPS) is 17.9. The molecule has 0 amide bonds. The second-order valence-electron chi connectivity index (χ2n) is 3.72. The summed E-state index contributed by atoms with van der Waals surface area (Å²) in [5.74, 6) is 0. The van der Waals surface area contributed by atoms with Gasteiger partial charge in [0, 0.05) is 18.8 Å². The fraction of sp³-hybridized carbons (Fsp3) is 0.818. The van der Waals surface area contributed by atoms with Gasteiger partial charge >= 0.3 is 0 Å². The lowest BCUT2D eigenvalue weighted by Crippen LogP contribution is -2.28. The van der Waals surface area contributed by atoms with Crippen molar-refractivity contribution in [2.45, 2.75) is 45.4 Å². The Labute approximate surface area is 76.5 Å². The minimum atomic E-state index is 1.20. The summed E-state index contributed by atoms with van der Waals surface area (Å²) in [6.07, 6.45) is 7.94. The van der Waals surface area contributed by atoms with E-state index in [2.05, 4.69) is 18.4 Å². The molecule has 0 unspecified atom stereocenters.